The third kappa shape index (κ3) is 15.7. The zero-order valence-corrected chi connectivity index (χ0v) is 7.83. The molecule has 0 atom stereocenters. The number of halogens is 3. The minimum atomic E-state index is -3.22. The van der Waals surface area contributed by atoms with E-state index in [9.17, 15) is 4.57 Å². The smallest absolute Gasteiger partial charge is 0.286 e. The molecule has 1 N–H and O–H groups in total. The van der Waals surface area contributed by atoms with Crippen LogP contribution in [0.3, 0.4) is 0 Å². The molecule has 0 spiro atoms. The first-order chi connectivity index (χ1) is 4.50. The van der Waals surface area contributed by atoms with Crippen LogP contribution in [0.5, 0.6) is 0 Å². The molecule has 0 saturated heterocycles. The first-order valence-corrected chi connectivity index (χ1v) is 6.55. The maximum absolute atomic E-state index is 9.51. The third-order valence-corrected chi connectivity index (χ3v) is 0.406. The van der Waals surface area contributed by atoms with Crippen molar-refractivity contribution in [3.05, 3.63) is 18.5 Å². The number of aromatic amines is 1. The zero-order valence-electron chi connectivity index (χ0n) is 4.67. The second kappa shape index (κ2) is 5.03. The van der Waals surface area contributed by atoms with Crippen molar-refractivity contribution in [2.24, 2.45) is 0 Å². The molecule has 0 aliphatic rings. The summed E-state index contributed by atoms with van der Waals surface area (Å²) < 4.78 is 9.51. The van der Waals surface area contributed by atoms with Gasteiger partial charge in [0.1, 0.15) is 0 Å². The number of rotatable bonds is 0. The normalized spacial score (nSPS) is 9.90. The summed E-state index contributed by atoms with van der Waals surface area (Å²) in [6.07, 6.45) is 3.46. The Balaban J connectivity index is 0.000000162. The Labute approximate surface area is 72.4 Å². The molecule has 0 saturated carbocycles. The quantitative estimate of drug-likeness (QED) is 0.684. The molecule has 0 amide bonds. The SMILES string of the molecule is O=P(Cl)(Cl)Cl.c1cn[nH]c1. The molecule has 0 aliphatic heterocycles. The molecular formula is C3H4Cl3N2OP. The average Bonchev–Trinajstić information content (AvgIpc) is 2.07. The van der Waals surface area contributed by atoms with E-state index in [1.807, 2.05) is 6.07 Å². The second-order valence-corrected chi connectivity index (χ2v) is 7.80. The number of H-pyrrole nitrogens is 1. The Morgan fingerprint density at radius 1 is 1.40 bits per heavy atom. The summed E-state index contributed by atoms with van der Waals surface area (Å²) in [5.74, 6) is 0. The first-order valence-electron chi connectivity index (χ1n) is 2.13. The van der Waals surface area contributed by atoms with Crippen molar-refractivity contribution in [1.29, 1.82) is 0 Å². The Kier molecular flexibility index (Phi) is 5.18. The monoisotopic (exact) mass is 220 g/mol. The molecule has 0 fully saturated rings. The van der Waals surface area contributed by atoms with E-state index in [1.54, 1.807) is 12.4 Å². The van der Waals surface area contributed by atoms with Crippen LogP contribution in [0.1, 0.15) is 0 Å². The number of nitrogens with one attached hydrogen (secondary N) is 1. The van der Waals surface area contributed by atoms with E-state index >= 15 is 0 Å². The largest absolute Gasteiger partial charge is 0.339 e. The van der Waals surface area contributed by atoms with Gasteiger partial charge in [0, 0.05) is 12.4 Å². The van der Waals surface area contributed by atoms with Gasteiger partial charge in [-0.15, -0.1) is 0 Å². The van der Waals surface area contributed by atoms with Crippen LogP contribution in [0.15, 0.2) is 18.5 Å². The van der Waals surface area contributed by atoms with E-state index < -0.39 is 5.20 Å². The third-order valence-electron chi connectivity index (χ3n) is 0.406. The van der Waals surface area contributed by atoms with Gasteiger partial charge >= 0.3 is 5.20 Å². The van der Waals surface area contributed by atoms with Gasteiger partial charge < -0.3 is 0 Å². The molecule has 1 aromatic rings. The predicted molar refractivity (Wildman–Crippen MR) is 43.8 cm³/mol. The Morgan fingerprint density at radius 3 is 2.00 bits per heavy atom. The summed E-state index contributed by atoms with van der Waals surface area (Å²) in [6, 6.07) is 1.83. The van der Waals surface area contributed by atoms with Crippen LogP contribution < -0.4 is 0 Å². The van der Waals surface area contributed by atoms with Gasteiger partial charge in [-0.05, 0) is 39.8 Å². The fourth-order valence-electron chi connectivity index (χ4n) is 0.215. The topological polar surface area (TPSA) is 45.8 Å². The first kappa shape index (κ1) is 10.3. The molecule has 1 aromatic heterocycles. The van der Waals surface area contributed by atoms with Crippen LogP contribution in [0.2, 0.25) is 0 Å². The number of nitrogens with zero attached hydrogens (tertiary/aromatic N) is 1. The van der Waals surface area contributed by atoms with E-state index in [0.29, 0.717) is 0 Å². The summed E-state index contributed by atoms with van der Waals surface area (Å²) in [6.45, 7) is 0. The molecule has 1 rings (SSSR count). The number of hydrogen-bond donors (Lipinski definition) is 1. The lowest BCUT2D eigenvalue weighted by molar-refractivity contribution is 0.600. The highest BCUT2D eigenvalue weighted by Gasteiger charge is 2.02. The molecule has 0 bridgehead atoms. The van der Waals surface area contributed by atoms with E-state index in [4.69, 9.17) is 0 Å². The van der Waals surface area contributed by atoms with Gasteiger partial charge in [0.25, 0.3) is 0 Å². The Bertz CT molecular complexity index is 170. The van der Waals surface area contributed by atoms with Crippen LogP contribution in [-0.2, 0) is 4.57 Å². The zero-order chi connectivity index (χ0) is 8.04. The van der Waals surface area contributed by atoms with Gasteiger partial charge in [0.2, 0.25) is 0 Å². The highest BCUT2D eigenvalue weighted by Crippen LogP contribution is 2.61. The van der Waals surface area contributed by atoms with Crippen molar-refractivity contribution in [3.8, 4) is 0 Å². The summed E-state index contributed by atoms with van der Waals surface area (Å²) >= 11 is 13.8. The summed E-state index contributed by atoms with van der Waals surface area (Å²) in [4.78, 5) is 0. The summed E-state index contributed by atoms with van der Waals surface area (Å²) in [5, 5.41) is 2.99. The van der Waals surface area contributed by atoms with E-state index in [-0.39, 0.29) is 0 Å². The molecular weight excluding hydrogens is 217 g/mol. The predicted octanol–water partition coefficient (Wildman–Crippen LogP) is 3.22. The average molecular weight is 221 g/mol. The minimum Gasteiger partial charge on any atom is -0.286 e. The molecule has 0 aliphatic carbocycles. The molecule has 58 valence electrons. The van der Waals surface area contributed by atoms with Gasteiger partial charge in [-0.3, -0.25) is 9.66 Å². The second-order valence-electron chi connectivity index (χ2n) is 1.17. The number of aromatic nitrogens is 2. The molecule has 1 heterocycles. The van der Waals surface area contributed by atoms with Crippen molar-refractivity contribution in [1.82, 2.24) is 10.2 Å². The highest BCUT2D eigenvalue weighted by molar-refractivity contribution is 8.24. The molecule has 10 heavy (non-hydrogen) atoms. The van der Waals surface area contributed by atoms with Gasteiger partial charge in [0.05, 0.1) is 0 Å². The van der Waals surface area contributed by atoms with Crippen LogP contribution in [0.25, 0.3) is 0 Å². The van der Waals surface area contributed by atoms with E-state index in [2.05, 4.69) is 43.9 Å². The molecule has 3 nitrogen and oxygen atoms in total. The van der Waals surface area contributed by atoms with Crippen molar-refractivity contribution in [2.75, 3.05) is 0 Å². The lowest BCUT2D eigenvalue weighted by atomic mass is 10.8. The highest BCUT2D eigenvalue weighted by atomic mass is 36.0. The van der Waals surface area contributed by atoms with Crippen LogP contribution in [0, 0.1) is 0 Å². The standard InChI is InChI=1S/C3H4N2.Cl3OP/c1-2-4-5-3-1;1-5(2,3)4/h1-3H,(H,4,5);. The Morgan fingerprint density at radius 2 is 1.90 bits per heavy atom. The molecule has 7 heteroatoms. The van der Waals surface area contributed by atoms with Gasteiger partial charge in [0.15, 0.2) is 0 Å². The molecule has 0 unspecified atom stereocenters. The Hall–Kier alpha value is 0.310. The molecule has 0 radical (unpaired) electrons. The minimum absolute atomic E-state index is 1.69. The lowest BCUT2D eigenvalue weighted by Crippen LogP contribution is -1.53. The summed E-state index contributed by atoms with van der Waals surface area (Å²) in [7, 11) is 0. The van der Waals surface area contributed by atoms with Crippen molar-refractivity contribution in [3.63, 3.8) is 0 Å². The fraction of sp³-hybridized carbons (Fsp3) is 0. The van der Waals surface area contributed by atoms with Crippen molar-refractivity contribution in [2.45, 2.75) is 0 Å². The van der Waals surface area contributed by atoms with Gasteiger partial charge in [-0.25, -0.2) is 0 Å². The molecule has 0 aromatic carbocycles. The van der Waals surface area contributed by atoms with Crippen molar-refractivity contribution < 1.29 is 4.57 Å². The lowest BCUT2D eigenvalue weighted by Gasteiger charge is -1.74. The maximum Gasteiger partial charge on any atom is 0.339 e. The van der Waals surface area contributed by atoms with Crippen LogP contribution >= 0.6 is 38.9 Å². The summed E-state index contributed by atoms with van der Waals surface area (Å²) in [5.41, 5.74) is 0. The van der Waals surface area contributed by atoms with E-state index in [0.717, 1.165) is 0 Å². The van der Waals surface area contributed by atoms with Gasteiger partial charge in [-0.1, -0.05) is 0 Å². The fourth-order valence-corrected chi connectivity index (χ4v) is 0.215. The number of hydrogen-bond acceptors (Lipinski definition) is 2. The van der Waals surface area contributed by atoms with Crippen LogP contribution in [-0.4, -0.2) is 10.2 Å². The van der Waals surface area contributed by atoms with Crippen molar-refractivity contribution >= 4 is 38.9 Å². The van der Waals surface area contributed by atoms with E-state index in [1.165, 1.54) is 0 Å². The maximum atomic E-state index is 9.51. The van der Waals surface area contributed by atoms with Crippen LogP contribution in [0.4, 0.5) is 0 Å². The van der Waals surface area contributed by atoms with Gasteiger partial charge in [-0.2, -0.15) is 5.10 Å².